The van der Waals surface area contributed by atoms with Crippen molar-refractivity contribution < 1.29 is 14.3 Å². The summed E-state index contributed by atoms with van der Waals surface area (Å²) in [6.45, 7) is 4.77. The first-order valence-electron chi connectivity index (χ1n) is 5.39. The minimum Gasteiger partial charge on any atom is -0.409 e. The van der Waals surface area contributed by atoms with Gasteiger partial charge in [-0.05, 0) is 12.0 Å². The Kier molecular flexibility index (Phi) is 4.90. The normalized spacial score (nSPS) is 12.1. The molecule has 0 saturated heterocycles. The van der Waals surface area contributed by atoms with E-state index in [1.54, 1.807) is 12.1 Å². The second kappa shape index (κ2) is 6.20. The van der Waals surface area contributed by atoms with Crippen molar-refractivity contribution in [3.63, 3.8) is 0 Å². The van der Waals surface area contributed by atoms with Gasteiger partial charge < -0.3 is 15.7 Å². The molecule has 0 fully saturated rings. The number of nitrogens with zero attached hydrogens (tertiary/aromatic N) is 1. The van der Waals surface area contributed by atoms with Crippen LogP contribution in [0.2, 0.25) is 0 Å². The van der Waals surface area contributed by atoms with Crippen LogP contribution in [0.5, 0.6) is 0 Å². The fourth-order valence-corrected chi connectivity index (χ4v) is 1.35. The SMILES string of the molecule is CC(C)COCc1cccc(/C(N)=N/O)c1F. The molecule has 94 valence electrons. The van der Waals surface area contributed by atoms with Crippen LogP contribution in [0.15, 0.2) is 23.4 Å². The van der Waals surface area contributed by atoms with E-state index in [1.165, 1.54) is 6.07 Å². The van der Waals surface area contributed by atoms with E-state index >= 15 is 0 Å². The van der Waals surface area contributed by atoms with Gasteiger partial charge in [0.2, 0.25) is 0 Å². The largest absolute Gasteiger partial charge is 0.409 e. The Bertz CT molecular complexity index is 405. The quantitative estimate of drug-likeness (QED) is 0.358. The van der Waals surface area contributed by atoms with Crippen molar-refractivity contribution in [2.75, 3.05) is 6.61 Å². The van der Waals surface area contributed by atoms with E-state index in [1.807, 2.05) is 13.8 Å². The lowest BCUT2D eigenvalue weighted by Gasteiger charge is -2.09. The van der Waals surface area contributed by atoms with Crippen molar-refractivity contribution in [2.24, 2.45) is 16.8 Å². The topological polar surface area (TPSA) is 67.8 Å². The first-order valence-corrected chi connectivity index (χ1v) is 5.39. The predicted octanol–water partition coefficient (Wildman–Crippen LogP) is 2.09. The Morgan fingerprint density at radius 2 is 2.24 bits per heavy atom. The fourth-order valence-electron chi connectivity index (χ4n) is 1.35. The molecule has 0 heterocycles. The number of halogens is 1. The van der Waals surface area contributed by atoms with Gasteiger partial charge in [0.1, 0.15) is 5.82 Å². The number of rotatable bonds is 5. The van der Waals surface area contributed by atoms with Gasteiger partial charge in [-0.3, -0.25) is 0 Å². The van der Waals surface area contributed by atoms with Gasteiger partial charge in [-0.25, -0.2) is 4.39 Å². The zero-order valence-corrected chi connectivity index (χ0v) is 9.98. The van der Waals surface area contributed by atoms with Crippen LogP contribution in [0.1, 0.15) is 25.0 Å². The molecule has 1 aromatic carbocycles. The zero-order chi connectivity index (χ0) is 12.8. The molecule has 0 aliphatic heterocycles. The summed E-state index contributed by atoms with van der Waals surface area (Å²) in [6, 6.07) is 4.71. The first kappa shape index (κ1) is 13.4. The molecule has 0 bridgehead atoms. The third-order valence-electron chi connectivity index (χ3n) is 2.17. The van der Waals surface area contributed by atoms with Crippen LogP contribution in [-0.4, -0.2) is 17.6 Å². The molecule has 0 saturated carbocycles. The Morgan fingerprint density at radius 1 is 1.53 bits per heavy atom. The van der Waals surface area contributed by atoms with Crippen LogP contribution in [-0.2, 0) is 11.3 Å². The van der Waals surface area contributed by atoms with Gasteiger partial charge in [0.25, 0.3) is 0 Å². The molecular formula is C12H17FN2O2. The number of hydrogen-bond donors (Lipinski definition) is 2. The van der Waals surface area contributed by atoms with Crippen LogP contribution in [0.3, 0.4) is 0 Å². The molecule has 0 aliphatic carbocycles. The average Bonchev–Trinajstić information content (AvgIpc) is 2.30. The summed E-state index contributed by atoms with van der Waals surface area (Å²) in [7, 11) is 0. The van der Waals surface area contributed by atoms with E-state index in [0.29, 0.717) is 18.1 Å². The minimum absolute atomic E-state index is 0.0816. The van der Waals surface area contributed by atoms with Crippen molar-refractivity contribution in [2.45, 2.75) is 20.5 Å². The number of benzene rings is 1. The maximum Gasteiger partial charge on any atom is 0.173 e. The predicted molar refractivity (Wildman–Crippen MR) is 63.4 cm³/mol. The summed E-state index contributed by atoms with van der Waals surface area (Å²) in [5.74, 6) is -0.356. The third kappa shape index (κ3) is 3.71. The third-order valence-corrected chi connectivity index (χ3v) is 2.17. The average molecular weight is 240 g/mol. The molecule has 3 N–H and O–H groups in total. The van der Waals surface area contributed by atoms with Crippen LogP contribution >= 0.6 is 0 Å². The number of nitrogens with two attached hydrogens (primary N) is 1. The maximum atomic E-state index is 13.9. The maximum absolute atomic E-state index is 13.9. The van der Waals surface area contributed by atoms with Gasteiger partial charge in [-0.2, -0.15) is 0 Å². The van der Waals surface area contributed by atoms with Crippen molar-refractivity contribution in [3.8, 4) is 0 Å². The van der Waals surface area contributed by atoms with Crippen molar-refractivity contribution >= 4 is 5.84 Å². The highest BCUT2D eigenvalue weighted by atomic mass is 19.1. The van der Waals surface area contributed by atoms with Crippen LogP contribution < -0.4 is 5.73 Å². The smallest absolute Gasteiger partial charge is 0.173 e. The molecule has 1 rings (SSSR count). The highest BCUT2D eigenvalue weighted by Gasteiger charge is 2.11. The lowest BCUT2D eigenvalue weighted by Crippen LogP contribution is -2.16. The van der Waals surface area contributed by atoms with E-state index in [4.69, 9.17) is 15.7 Å². The molecule has 0 aliphatic rings. The molecular weight excluding hydrogens is 223 g/mol. The molecule has 0 aromatic heterocycles. The Morgan fingerprint density at radius 3 is 2.82 bits per heavy atom. The van der Waals surface area contributed by atoms with E-state index < -0.39 is 5.82 Å². The molecule has 0 spiro atoms. The Hall–Kier alpha value is -1.62. The lowest BCUT2D eigenvalue weighted by molar-refractivity contribution is 0.0950. The lowest BCUT2D eigenvalue weighted by atomic mass is 10.1. The van der Waals surface area contributed by atoms with Gasteiger partial charge >= 0.3 is 0 Å². The van der Waals surface area contributed by atoms with Crippen LogP contribution in [0, 0.1) is 11.7 Å². The number of oxime groups is 1. The molecule has 1 aromatic rings. The summed E-state index contributed by atoms with van der Waals surface area (Å²) in [4.78, 5) is 0. The molecule has 0 unspecified atom stereocenters. The van der Waals surface area contributed by atoms with E-state index in [2.05, 4.69) is 5.16 Å². The van der Waals surface area contributed by atoms with Crippen LogP contribution in [0.4, 0.5) is 4.39 Å². The molecule has 17 heavy (non-hydrogen) atoms. The zero-order valence-electron chi connectivity index (χ0n) is 9.98. The molecule has 4 nitrogen and oxygen atoms in total. The first-order chi connectivity index (χ1) is 8.06. The molecule has 5 heteroatoms. The summed E-state index contributed by atoms with van der Waals surface area (Å²) >= 11 is 0. The van der Waals surface area contributed by atoms with Gasteiger partial charge in [0, 0.05) is 12.2 Å². The van der Waals surface area contributed by atoms with Crippen molar-refractivity contribution in [1.29, 1.82) is 0 Å². The summed E-state index contributed by atoms with van der Waals surface area (Å²) in [5.41, 5.74) is 5.84. The summed E-state index contributed by atoms with van der Waals surface area (Å²) in [5, 5.41) is 11.3. The van der Waals surface area contributed by atoms with Crippen LogP contribution in [0.25, 0.3) is 0 Å². The minimum atomic E-state index is -0.508. The molecule has 0 amide bonds. The van der Waals surface area contributed by atoms with E-state index in [9.17, 15) is 4.39 Å². The standard InChI is InChI=1S/C12H17FN2O2/c1-8(2)6-17-7-9-4-3-5-10(11(9)13)12(14)15-16/h3-5,8,16H,6-7H2,1-2H3,(H2,14,15). The highest BCUT2D eigenvalue weighted by Crippen LogP contribution is 2.14. The number of amidine groups is 1. The monoisotopic (exact) mass is 240 g/mol. The number of ether oxygens (including phenoxy) is 1. The number of hydrogen-bond acceptors (Lipinski definition) is 3. The van der Waals surface area contributed by atoms with Crippen molar-refractivity contribution in [1.82, 2.24) is 0 Å². The molecule has 0 atom stereocenters. The summed E-state index contributed by atoms with van der Waals surface area (Å²) in [6.07, 6.45) is 0. The van der Waals surface area contributed by atoms with Gasteiger partial charge in [-0.15, -0.1) is 0 Å². The Balaban J connectivity index is 2.80. The molecule has 0 radical (unpaired) electrons. The van der Waals surface area contributed by atoms with Gasteiger partial charge in [-0.1, -0.05) is 31.1 Å². The second-order valence-electron chi connectivity index (χ2n) is 4.17. The fraction of sp³-hybridized carbons (Fsp3) is 0.417. The highest BCUT2D eigenvalue weighted by molar-refractivity contribution is 5.97. The summed E-state index contributed by atoms with van der Waals surface area (Å²) < 4.78 is 19.2. The van der Waals surface area contributed by atoms with Gasteiger partial charge in [0.05, 0.1) is 12.2 Å². The van der Waals surface area contributed by atoms with Gasteiger partial charge in [0.15, 0.2) is 5.84 Å². The Labute approximate surface area is 99.9 Å². The second-order valence-corrected chi connectivity index (χ2v) is 4.17. The van der Waals surface area contributed by atoms with E-state index in [-0.39, 0.29) is 18.0 Å². The van der Waals surface area contributed by atoms with E-state index in [0.717, 1.165) is 0 Å². The van der Waals surface area contributed by atoms with Crippen molar-refractivity contribution in [3.05, 3.63) is 35.1 Å².